The molecule has 130 valence electrons. The van der Waals surface area contributed by atoms with Crippen LogP contribution in [0.4, 0.5) is 0 Å². The van der Waals surface area contributed by atoms with Gasteiger partial charge in [0.2, 0.25) is 0 Å². The van der Waals surface area contributed by atoms with Crippen LogP contribution in [0.3, 0.4) is 0 Å². The number of carbonyl (C=O) groups excluding carboxylic acids is 1. The maximum Gasteiger partial charge on any atom is 0.254 e. The van der Waals surface area contributed by atoms with Crippen molar-refractivity contribution in [3.05, 3.63) is 65.2 Å². The molecule has 0 spiro atoms. The Hall–Kier alpha value is -1.49. The Labute approximate surface area is 155 Å². The Kier molecular flexibility index (Phi) is 8.90. The quantitative estimate of drug-likeness (QED) is 0.751. The van der Waals surface area contributed by atoms with Crippen LogP contribution in [0.1, 0.15) is 27.9 Å². The lowest BCUT2D eigenvalue weighted by atomic mass is 10.1. The monoisotopic (exact) mass is 364 g/mol. The highest BCUT2D eigenvalue weighted by atomic mass is 35.5. The van der Waals surface area contributed by atoms with Crippen LogP contribution in [-0.2, 0) is 6.54 Å². The zero-order valence-corrected chi connectivity index (χ0v) is 15.8. The van der Waals surface area contributed by atoms with Crippen LogP contribution in [-0.4, -0.2) is 30.2 Å². The molecule has 5 heteroatoms. The summed E-state index contributed by atoms with van der Waals surface area (Å²) >= 11 is 1.65. The van der Waals surface area contributed by atoms with E-state index >= 15 is 0 Å². The summed E-state index contributed by atoms with van der Waals surface area (Å²) in [7, 11) is 0. The van der Waals surface area contributed by atoms with E-state index < -0.39 is 0 Å². The van der Waals surface area contributed by atoms with E-state index in [2.05, 4.69) is 6.07 Å². The van der Waals surface area contributed by atoms with E-state index in [1.807, 2.05) is 60.5 Å². The van der Waals surface area contributed by atoms with E-state index in [4.69, 9.17) is 5.73 Å². The number of halogens is 1. The number of aryl methyl sites for hydroxylation is 1. The molecule has 2 rings (SSSR count). The molecule has 0 atom stereocenters. The predicted octanol–water partition coefficient (Wildman–Crippen LogP) is 4.13. The number of thioether (sulfide) groups is 1. The summed E-state index contributed by atoms with van der Waals surface area (Å²) < 4.78 is 0. The molecular weight excluding hydrogens is 340 g/mol. The first kappa shape index (κ1) is 20.6. The van der Waals surface area contributed by atoms with Gasteiger partial charge in [-0.2, -0.15) is 0 Å². The molecule has 3 nitrogen and oxygen atoms in total. The first-order valence-corrected chi connectivity index (χ1v) is 9.06. The molecule has 2 aromatic rings. The van der Waals surface area contributed by atoms with Crippen LogP contribution >= 0.6 is 24.2 Å². The fourth-order valence-corrected chi connectivity index (χ4v) is 2.91. The summed E-state index contributed by atoms with van der Waals surface area (Å²) in [5.74, 6) is 0.0794. The third-order valence-corrected chi connectivity index (χ3v) is 4.54. The zero-order chi connectivity index (χ0) is 16.7. The Balaban J connectivity index is 0.00000288. The lowest BCUT2D eigenvalue weighted by Gasteiger charge is -2.24. The minimum atomic E-state index is 0. The second-order valence-corrected chi connectivity index (χ2v) is 6.42. The van der Waals surface area contributed by atoms with Gasteiger partial charge in [-0.05, 0) is 49.4 Å². The lowest BCUT2D eigenvalue weighted by molar-refractivity contribution is 0.0741. The summed E-state index contributed by atoms with van der Waals surface area (Å²) in [5.41, 5.74) is 8.57. The summed E-state index contributed by atoms with van der Waals surface area (Å²) in [5, 5.41) is 0. The van der Waals surface area contributed by atoms with Gasteiger partial charge in [-0.25, -0.2) is 0 Å². The normalized spacial score (nSPS) is 10.1. The van der Waals surface area contributed by atoms with Crippen LogP contribution in [0.2, 0.25) is 0 Å². The molecule has 2 N–H and O–H groups in total. The molecule has 24 heavy (non-hydrogen) atoms. The maximum atomic E-state index is 13.0. The van der Waals surface area contributed by atoms with E-state index in [1.165, 1.54) is 0 Å². The third-order valence-electron chi connectivity index (χ3n) is 3.81. The van der Waals surface area contributed by atoms with E-state index in [9.17, 15) is 4.79 Å². The highest BCUT2D eigenvalue weighted by molar-refractivity contribution is 7.98. The van der Waals surface area contributed by atoms with Crippen LogP contribution in [0, 0.1) is 6.92 Å². The SMILES string of the molecule is CSc1ccc(C)c(C(=O)N(CCCN)Cc2ccccc2)c1.Cl. The largest absolute Gasteiger partial charge is 0.334 e. The molecule has 2 aromatic carbocycles. The van der Waals surface area contributed by atoms with Gasteiger partial charge in [0.15, 0.2) is 0 Å². The standard InChI is InChI=1S/C19H24N2OS.ClH/c1-15-9-10-17(23-2)13-18(15)19(22)21(12-6-11-20)14-16-7-4-3-5-8-16;/h3-5,7-10,13H,6,11-12,14,20H2,1-2H3;1H. The number of hydrogen-bond donors (Lipinski definition) is 1. The van der Waals surface area contributed by atoms with Gasteiger partial charge >= 0.3 is 0 Å². The van der Waals surface area contributed by atoms with Crippen molar-refractivity contribution in [3.63, 3.8) is 0 Å². The fraction of sp³-hybridized carbons (Fsp3) is 0.316. The number of benzene rings is 2. The molecule has 0 aromatic heterocycles. The van der Waals surface area contributed by atoms with Crippen molar-refractivity contribution in [1.82, 2.24) is 4.90 Å². The van der Waals surface area contributed by atoms with E-state index in [1.54, 1.807) is 11.8 Å². The molecule has 0 aliphatic heterocycles. The second-order valence-electron chi connectivity index (χ2n) is 5.54. The van der Waals surface area contributed by atoms with Crippen molar-refractivity contribution >= 4 is 30.1 Å². The predicted molar refractivity (Wildman–Crippen MR) is 105 cm³/mol. The smallest absolute Gasteiger partial charge is 0.254 e. The molecule has 0 unspecified atom stereocenters. The number of nitrogens with zero attached hydrogens (tertiary/aromatic N) is 1. The average molecular weight is 365 g/mol. The van der Waals surface area contributed by atoms with Gasteiger partial charge in [0.25, 0.3) is 5.91 Å². The Morgan fingerprint density at radius 2 is 1.88 bits per heavy atom. The lowest BCUT2D eigenvalue weighted by Crippen LogP contribution is -2.33. The van der Waals surface area contributed by atoms with E-state index in [0.717, 1.165) is 28.0 Å². The second kappa shape index (κ2) is 10.4. The van der Waals surface area contributed by atoms with Gasteiger partial charge in [-0.3, -0.25) is 4.79 Å². The Morgan fingerprint density at radius 1 is 1.17 bits per heavy atom. The Morgan fingerprint density at radius 3 is 2.50 bits per heavy atom. The molecule has 1 amide bonds. The number of amides is 1. The van der Waals surface area contributed by atoms with Gasteiger partial charge in [0, 0.05) is 23.5 Å². The van der Waals surface area contributed by atoms with Crippen molar-refractivity contribution in [2.24, 2.45) is 5.73 Å². The first-order valence-electron chi connectivity index (χ1n) is 7.83. The van der Waals surface area contributed by atoms with Gasteiger partial charge in [0.1, 0.15) is 0 Å². The van der Waals surface area contributed by atoms with Crippen molar-refractivity contribution in [3.8, 4) is 0 Å². The summed E-state index contributed by atoms with van der Waals surface area (Å²) in [6.45, 7) is 3.86. The molecular formula is C19H25ClN2OS. The number of rotatable bonds is 7. The summed E-state index contributed by atoms with van der Waals surface area (Å²) in [6.07, 6.45) is 2.83. The zero-order valence-electron chi connectivity index (χ0n) is 14.2. The molecule has 0 saturated carbocycles. The topological polar surface area (TPSA) is 46.3 Å². The average Bonchev–Trinajstić information content (AvgIpc) is 2.59. The van der Waals surface area contributed by atoms with Crippen LogP contribution < -0.4 is 5.73 Å². The van der Waals surface area contributed by atoms with E-state index in [0.29, 0.717) is 19.6 Å². The molecule has 0 bridgehead atoms. The number of carbonyl (C=O) groups is 1. The van der Waals surface area contributed by atoms with Gasteiger partial charge in [0.05, 0.1) is 0 Å². The maximum absolute atomic E-state index is 13.0. The van der Waals surface area contributed by atoms with Gasteiger partial charge < -0.3 is 10.6 Å². The number of nitrogens with two attached hydrogens (primary N) is 1. The fourth-order valence-electron chi connectivity index (χ4n) is 2.47. The minimum Gasteiger partial charge on any atom is -0.334 e. The van der Waals surface area contributed by atoms with Gasteiger partial charge in [-0.1, -0.05) is 36.4 Å². The van der Waals surface area contributed by atoms with Crippen LogP contribution in [0.15, 0.2) is 53.4 Å². The summed E-state index contributed by atoms with van der Waals surface area (Å²) in [4.78, 5) is 16.0. The minimum absolute atomic E-state index is 0. The molecule has 0 heterocycles. The number of hydrogen-bond acceptors (Lipinski definition) is 3. The highest BCUT2D eigenvalue weighted by Gasteiger charge is 2.18. The van der Waals surface area contributed by atoms with E-state index in [-0.39, 0.29) is 18.3 Å². The van der Waals surface area contributed by atoms with Crippen molar-refractivity contribution in [2.75, 3.05) is 19.3 Å². The van der Waals surface area contributed by atoms with Crippen molar-refractivity contribution in [2.45, 2.75) is 24.8 Å². The van der Waals surface area contributed by atoms with Crippen molar-refractivity contribution < 1.29 is 4.79 Å². The van der Waals surface area contributed by atoms with Crippen LogP contribution in [0.5, 0.6) is 0 Å². The molecule has 0 aliphatic rings. The first-order chi connectivity index (χ1) is 11.2. The third kappa shape index (κ3) is 5.55. The molecule has 0 fully saturated rings. The molecule has 0 saturated heterocycles. The van der Waals surface area contributed by atoms with Crippen LogP contribution in [0.25, 0.3) is 0 Å². The highest BCUT2D eigenvalue weighted by Crippen LogP contribution is 2.21. The van der Waals surface area contributed by atoms with Crippen molar-refractivity contribution in [1.29, 1.82) is 0 Å². The summed E-state index contributed by atoms with van der Waals surface area (Å²) in [6, 6.07) is 16.1. The molecule has 0 radical (unpaired) electrons. The van der Waals surface area contributed by atoms with Gasteiger partial charge in [-0.15, -0.1) is 24.2 Å². The molecule has 0 aliphatic carbocycles. The Bertz CT molecular complexity index is 649.